The number of carbonyl (C=O) groups excluding carboxylic acids is 2. The van der Waals surface area contributed by atoms with E-state index in [4.69, 9.17) is 18.9 Å². The molecule has 3 saturated heterocycles. The molecule has 1 aliphatic carbocycles. The van der Waals surface area contributed by atoms with E-state index in [2.05, 4.69) is 18.4 Å². The standard InChI is InChI=1S/C18H20O6/c1-9(2)6-7-17-12(20)13-18(23-13)8-11(21-10(3)19)16(4,5)22-15(18)14(17)24-17/h11,13-15H,1,8H2,2-5H3/t11-,13-,14+,15+,17-,18+/m1/s1. The smallest absolute Gasteiger partial charge is 0.303 e. The molecule has 0 aromatic rings. The monoisotopic (exact) mass is 332 g/mol. The highest BCUT2D eigenvalue weighted by Crippen LogP contribution is 2.63. The highest BCUT2D eigenvalue weighted by Gasteiger charge is 2.86. The number of ether oxygens (including phenoxy) is 4. The van der Waals surface area contributed by atoms with Gasteiger partial charge in [0.05, 0.1) is 0 Å². The quantitative estimate of drug-likeness (QED) is 0.404. The number of rotatable bonds is 1. The molecule has 6 heteroatoms. The molecule has 6 atom stereocenters. The fourth-order valence-electron chi connectivity index (χ4n) is 3.88. The van der Waals surface area contributed by atoms with Crippen LogP contribution in [0.3, 0.4) is 0 Å². The lowest BCUT2D eigenvalue weighted by Crippen LogP contribution is -2.62. The Morgan fingerprint density at radius 1 is 1.25 bits per heavy atom. The molecule has 4 rings (SSSR count). The van der Waals surface area contributed by atoms with Gasteiger partial charge in [0.15, 0.2) is 6.10 Å². The molecule has 128 valence electrons. The van der Waals surface area contributed by atoms with Crippen LogP contribution in [0, 0.1) is 11.8 Å². The van der Waals surface area contributed by atoms with Gasteiger partial charge in [-0.2, -0.15) is 0 Å². The molecular formula is C18H20O6. The van der Waals surface area contributed by atoms with Gasteiger partial charge in [-0.3, -0.25) is 9.59 Å². The molecule has 6 nitrogen and oxygen atoms in total. The van der Waals surface area contributed by atoms with Crippen LogP contribution in [-0.4, -0.2) is 53.0 Å². The Morgan fingerprint density at radius 2 is 1.96 bits per heavy atom. The van der Waals surface area contributed by atoms with E-state index < -0.39 is 41.2 Å². The summed E-state index contributed by atoms with van der Waals surface area (Å²) < 4.78 is 23.1. The largest absolute Gasteiger partial charge is 0.459 e. The zero-order valence-corrected chi connectivity index (χ0v) is 14.2. The van der Waals surface area contributed by atoms with Crippen molar-refractivity contribution in [1.29, 1.82) is 0 Å². The lowest BCUT2D eigenvalue weighted by Gasteiger charge is -2.45. The van der Waals surface area contributed by atoms with Crippen molar-refractivity contribution >= 4 is 11.8 Å². The van der Waals surface area contributed by atoms with Gasteiger partial charge in [-0.1, -0.05) is 18.4 Å². The zero-order valence-electron chi connectivity index (χ0n) is 14.2. The number of epoxide rings is 2. The van der Waals surface area contributed by atoms with Crippen LogP contribution >= 0.6 is 0 Å². The lowest BCUT2D eigenvalue weighted by molar-refractivity contribution is -0.218. The van der Waals surface area contributed by atoms with E-state index in [-0.39, 0.29) is 11.8 Å². The minimum Gasteiger partial charge on any atom is -0.459 e. The van der Waals surface area contributed by atoms with Crippen molar-refractivity contribution < 1.29 is 28.5 Å². The van der Waals surface area contributed by atoms with E-state index in [1.165, 1.54) is 6.92 Å². The maximum Gasteiger partial charge on any atom is 0.303 e. The van der Waals surface area contributed by atoms with Crippen LogP contribution in [0.4, 0.5) is 0 Å². The zero-order chi connectivity index (χ0) is 17.5. The number of hydrogen-bond acceptors (Lipinski definition) is 6. The van der Waals surface area contributed by atoms with Crippen LogP contribution in [0.2, 0.25) is 0 Å². The normalized spacial score (nSPS) is 46.4. The second kappa shape index (κ2) is 4.48. The number of fused-ring (bicyclic) bond motifs is 2. The minimum absolute atomic E-state index is 0.164. The van der Waals surface area contributed by atoms with E-state index in [0.29, 0.717) is 12.0 Å². The third kappa shape index (κ3) is 1.95. The van der Waals surface area contributed by atoms with Gasteiger partial charge in [0.1, 0.15) is 29.5 Å². The second-order valence-electron chi connectivity index (χ2n) is 7.57. The fourth-order valence-corrected chi connectivity index (χ4v) is 3.88. The SMILES string of the molecule is C=C(C)C#C[C@]12O[C@H]1[C@@H]1OC(C)(C)[C@H](OC(C)=O)C[C@@]13O[C@@H]3C2=O. The summed E-state index contributed by atoms with van der Waals surface area (Å²) in [5.74, 6) is 5.21. The third-order valence-corrected chi connectivity index (χ3v) is 5.22. The Hall–Kier alpha value is -1.68. The van der Waals surface area contributed by atoms with Crippen LogP contribution in [-0.2, 0) is 28.5 Å². The first-order chi connectivity index (χ1) is 11.1. The topological polar surface area (TPSA) is 77.7 Å². The van der Waals surface area contributed by atoms with Crippen LogP contribution in [0.15, 0.2) is 12.2 Å². The fraction of sp³-hybridized carbons (Fsp3) is 0.667. The number of ketones is 1. The molecule has 0 N–H and O–H groups in total. The lowest BCUT2D eigenvalue weighted by atomic mass is 9.72. The van der Waals surface area contributed by atoms with Crippen molar-refractivity contribution in [3.63, 3.8) is 0 Å². The van der Waals surface area contributed by atoms with Crippen LogP contribution in [0.1, 0.15) is 34.1 Å². The molecule has 4 fully saturated rings. The summed E-state index contributed by atoms with van der Waals surface area (Å²) in [6, 6.07) is 0. The van der Waals surface area contributed by atoms with Crippen molar-refractivity contribution in [2.75, 3.05) is 0 Å². The Bertz CT molecular complexity index is 728. The van der Waals surface area contributed by atoms with Gasteiger partial charge < -0.3 is 18.9 Å². The van der Waals surface area contributed by atoms with Crippen LogP contribution < -0.4 is 0 Å². The Kier molecular flexibility index (Phi) is 2.96. The molecule has 0 amide bonds. The maximum atomic E-state index is 12.7. The van der Waals surface area contributed by atoms with Crippen molar-refractivity contribution in [3.8, 4) is 11.8 Å². The molecule has 1 saturated carbocycles. The first kappa shape index (κ1) is 15.8. The molecule has 0 unspecified atom stereocenters. The Balaban J connectivity index is 1.65. The average molecular weight is 332 g/mol. The first-order valence-corrected chi connectivity index (χ1v) is 8.06. The Morgan fingerprint density at radius 3 is 2.58 bits per heavy atom. The van der Waals surface area contributed by atoms with Gasteiger partial charge in [0.2, 0.25) is 11.4 Å². The molecule has 0 aromatic carbocycles. The maximum absolute atomic E-state index is 12.7. The van der Waals surface area contributed by atoms with Gasteiger partial charge in [0, 0.05) is 13.3 Å². The molecule has 0 bridgehead atoms. The molecule has 3 aliphatic heterocycles. The van der Waals surface area contributed by atoms with E-state index in [1.54, 1.807) is 6.92 Å². The van der Waals surface area contributed by atoms with Crippen molar-refractivity contribution in [2.45, 2.75) is 75.3 Å². The molecule has 3 heterocycles. The highest BCUT2D eigenvalue weighted by molar-refractivity contribution is 6.02. The summed E-state index contributed by atoms with van der Waals surface area (Å²) in [5, 5.41) is 0. The average Bonchev–Trinajstić information content (AvgIpc) is 3.34. The van der Waals surface area contributed by atoms with Gasteiger partial charge in [0.25, 0.3) is 0 Å². The number of carbonyl (C=O) groups is 2. The van der Waals surface area contributed by atoms with E-state index in [1.807, 2.05) is 13.8 Å². The summed E-state index contributed by atoms with van der Waals surface area (Å²) in [7, 11) is 0. The Labute approximate surface area is 140 Å². The number of hydrogen-bond donors (Lipinski definition) is 0. The van der Waals surface area contributed by atoms with E-state index >= 15 is 0 Å². The summed E-state index contributed by atoms with van der Waals surface area (Å²) in [5.41, 5.74) is -1.93. The molecular weight excluding hydrogens is 312 g/mol. The van der Waals surface area contributed by atoms with Crippen molar-refractivity contribution in [2.24, 2.45) is 0 Å². The molecule has 0 aromatic heterocycles. The van der Waals surface area contributed by atoms with E-state index in [0.717, 1.165) is 0 Å². The predicted molar refractivity (Wildman–Crippen MR) is 81.9 cm³/mol. The highest BCUT2D eigenvalue weighted by atomic mass is 16.7. The summed E-state index contributed by atoms with van der Waals surface area (Å²) >= 11 is 0. The second-order valence-corrected chi connectivity index (χ2v) is 7.57. The van der Waals surface area contributed by atoms with Gasteiger partial charge >= 0.3 is 5.97 Å². The minimum atomic E-state index is -1.14. The van der Waals surface area contributed by atoms with Gasteiger partial charge in [-0.25, -0.2) is 0 Å². The van der Waals surface area contributed by atoms with Crippen molar-refractivity contribution in [1.82, 2.24) is 0 Å². The van der Waals surface area contributed by atoms with Gasteiger partial charge in [-0.15, -0.1) is 0 Å². The summed E-state index contributed by atoms with van der Waals surface area (Å²) in [6.45, 7) is 10.6. The third-order valence-electron chi connectivity index (χ3n) is 5.22. The predicted octanol–water partition coefficient (Wildman–Crippen LogP) is 0.923. The number of allylic oxidation sites excluding steroid dienone is 1. The van der Waals surface area contributed by atoms with Gasteiger partial charge in [-0.05, 0) is 26.3 Å². The molecule has 4 aliphatic rings. The first-order valence-electron chi connectivity index (χ1n) is 8.06. The number of esters is 1. The summed E-state index contributed by atoms with van der Waals surface area (Å²) in [4.78, 5) is 24.1. The van der Waals surface area contributed by atoms with Crippen LogP contribution in [0.5, 0.6) is 0 Å². The van der Waals surface area contributed by atoms with Crippen molar-refractivity contribution in [3.05, 3.63) is 12.2 Å². The molecule has 24 heavy (non-hydrogen) atoms. The summed E-state index contributed by atoms with van der Waals surface area (Å²) in [6.07, 6.45) is -1.52. The molecule has 1 spiro atoms. The molecule has 0 radical (unpaired) electrons. The van der Waals surface area contributed by atoms with Crippen LogP contribution in [0.25, 0.3) is 0 Å². The van der Waals surface area contributed by atoms with E-state index in [9.17, 15) is 9.59 Å². The number of Topliss-reactive ketones (excluding diaryl/α,β-unsaturated/α-hetero) is 1.